The maximum Gasteiger partial charge on any atom is 0.323 e. The lowest BCUT2D eigenvalue weighted by molar-refractivity contribution is -0.137. The molecule has 1 aromatic rings. The molecule has 6 heteroatoms. The Labute approximate surface area is 99.8 Å². The maximum atomic E-state index is 12.1. The van der Waals surface area contributed by atoms with Gasteiger partial charge < -0.3 is 10.0 Å². The van der Waals surface area contributed by atoms with Gasteiger partial charge in [0.05, 0.1) is 5.69 Å². The van der Waals surface area contributed by atoms with Gasteiger partial charge in [-0.25, -0.2) is 0 Å². The molecule has 0 fully saturated rings. The highest BCUT2D eigenvalue weighted by Gasteiger charge is 2.20. The number of likely N-dealkylation sites (N-methyl/N-ethyl adjacent to an activating group) is 1. The van der Waals surface area contributed by atoms with E-state index >= 15 is 0 Å². The second-order valence-corrected chi connectivity index (χ2v) is 3.71. The van der Waals surface area contributed by atoms with Crippen LogP contribution >= 0.6 is 0 Å². The number of carbonyl (C=O) groups is 2. The summed E-state index contributed by atoms with van der Waals surface area (Å²) in [4.78, 5) is 24.0. The topological polar surface area (TPSA) is 75.4 Å². The van der Waals surface area contributed by atoms with E-state index in [4.69, 9.17) is 5.11 Å². The molecule has 0 saturated carbocycles. The molecule has 1 N–H and O–H groups in total. The van der Waals surface area contributed by atoms with Crippen molar-refractivity contribution in [3.8, 4) is 0 Å². The number of amides is 1. The van der Waals surface area contributed by atoms with Gasteiger partial charge in [0.2, 0.25) is 0 Å². The van der Waals surface area contributed by atoms with Crippen molar-refractivity contribution in [3.05, 3.63) is 17.5 Å². The molecule has 0 aliphatic heterocycles. The van der Waals surface area contributed by atoms with Crippen molar-refractivity contribution in [1.29, 1.82) is 0 Å². The lowest BCUT2D eigenvalue weighted by atomic mass is 10.3. The van der Waals surface area contributed by atoms with Gasteiger partial charge in [-0.1, -0.05) is 6.92 Å². The Morgan fingerprint density at radius 3 is 2.53 bits per heavy atom. The minimum atomic E-state index is -1.02. The number of hydrogen-bond acceptors (Lipinski definition) is 3. The molecule has 0 aliphatic carbocycles. The molecule has 0 atom stereocenters. The lowest BCUT2D eigenvalue weighted by Gasteiger charge is -2.18. The maximum absolute atomic E-state index is 12.1. The van der Waals surface area contributed by atoms with E-state index < -0.39 is 5.97 Å². The highest BCUT2D eigenvalue weighted by Crippen LogP contribution is 2.07. The summed E-state index contributed by atoms with van der Waals surface area (Å²) >= 11 is 0. The summed E-state index contributed by atoms with van der Waals surface area (Å²) in [5, 5.41) is 12.9. The summed E-state index contributed by atoms with van der Waals surface area (Å²) in [6, 6.07) is 1.70. The number of hydrogen-bond donors (Lipinski definition) is 1. The molecule has 1 heterocycles. The molecule has 17 heavy (non-hydrogen) atoms. The SMILES string of the molecule is CCc1cc(C(=O)N(CC)CC(=O)O)n(C)n1. The Hall–Kier alpha value is -1.85. The van der Waals surface area contributed by atoms with E-state index in [9.17, 15) is 9.59 Å². The Kier molecular flexibility index (Phi) is 4.25. The van der Waals surface area contributed by atoms with Gasteiger partial charge in [-0.15, -0.1) is 0 Å². The molecule has 0 spiro atoms. The first kappa shape index (κ1) is 13.2. The largest absolute Gasteiger partial charge is 0.480 e. The minimum Gasteiger partial charge on any atom is -0.480 e. The Morgan fingerprint density at radius 1 is 1.47 bits per heavy atom. The molecule has 1 aromatic heterocycles. The van der Waals surface area contributed by atoms with Gasteiger partial charge in [0.1, 0.15) is 12.2 Å². The number of aryl methyl sites for hydroxylation is 2. The molecule has 94 valence electrons. The monoisotopic (exact) mass is 239 g/mol. The first-order valence-corrected chi connectivity index (χ1v) is 5.53. The molecule has 0 saturated heterocycles. The highest BCUT2D eigenvalue weighted by molar-refractivity contribution is 5.94. The van der Waals surface area contributed by atoms with Crippen LogP contribution in [0.5, 0.6) is 0 Å². The summed E-state index contributed by atoms with van der Waals surface area (Å²) in [7, 11) is 1.68. The summed E-state index contributed by atoms with van der Waals surface area (Å²) in [6.07, 6.45) is 0.742. The number of nitrogens with zero attached hydrogens (tertiary/aromatic N) is 3. The zero-order valence-corrected chi connectivity index (χ0v) is 10.3. The summed E-state index contributed by atoms with van der Waals surface area (Å²) in [5.41, 5.74) is 1.24. The molecule has 0 radical (unpaired) electrons. The van der Waals surface area contributed by atoms with Gasteiger partial charge in [0, 0.05) is 13.6 Å². The van der Waals surface area contributed by atoms with Gasteiger partial charge in [0.25, 0.3) is 5.91 Å². The number of aromatic nitrogens is 2. The summed E-state index contributed by atoms with van der Waals surface area (Å²) < 4.78 is 1.49. The molecule has 0 unspecified atom stereocenters. The average Bonchev–Trinajstić information content (AvgIpc) is 2.66. The van der Waals surface area contributed by atoms with E-state index in [1.54, 1.807) is 20.0 Å². The first-order chi connectivity index (χ1) is 7.99. The number of aliphatic carboxylic acids is 1. The molecule has 0 aliphatic rings. The van der Waals surface area contributed by atoms with Crippen molar-refractivity contribution in [2.45, 2.75) is 20.3 Å². The van der Waals surface area contributed by atoms with Gasteiger partial charge in [-0.2, -0.15) is 5.10 Å². The van der Waals surface area contributed by atoms with Crippen LogP contribution in [0, 0.1) is 0 Å². The summed E-state index contributed by atoms with van der Waals surface area (Å²) in [5.74, 6) is -1.32. The van der Waals surface area contributed by atoms with E-state index in [1.165, 1.54) is 9.58 Å². The highest BCUT2D eigenvalue weighted by atomic mass is 16.4. The third-order valence-corrected chi connectivity index (χ3v) is 2.51. The fourth-order valence-electron chi connectivity index (χ4n) is 1.55. The normalized spacial score (nSPS) is 10.3. The van der Waals surface area contributed by atoms with E-state index in [1.807, 2.05) is 6.92 Å². The predicted octanol–water partition coefficient (Wildman–Crippen LogP) is 0.529. The number of carbonyl (C=O) groups excluding carboxylic acids is 1. The van der Waals surface area contributed by atoms with Crippen molar-refractivity contribution < 1.29 is 14.7 Å². The van der Waals surface area contributed by atoms with Crippen LogP contribution in [0.4, 0.5) is 0 Å². The van der Waals surface area contributed by atoms with Crippen LogP contribution in [0.25, 0.3) is 0 Å². The second-order valence-electron chi connectivity index (χ2n) is 3.71. The quantitative estimate of drug-likeness (QED) is 0.813. The van der Waals surface area contributed by atoms with Gasteiger partial charge >= 0.3 is 5.97 Å². The van der Waals surface area contributed by atoms with E-state index in [0.29, 0.717) is 12.2 Å². The summed E-state index contributed by atoms with van der Waals surface area (Å²) in [6.45, 7) is 3.77. The van der Waals surface area contributed by atoms with E-state index in [-0.39, 0.29) is 12.5 Å². The number of carboxylic acids is 1. The fourth-order valence-corrected chi connectivity index (χ4v) is 1.55. The molecular weight excluding hydrogens is 222 g/mol. The molecular formula is C11H17N3O3. The molecule has 6 nitrogen and oxygen atoms in total. The third-order valence-electron chi connectivity index (χ3n) is 2.51. The van der Waals surface area contributed by atoms with Crippen LogP contribution in [0.2, 0.25) is 0 Å². The average molecular weight is 239 g/mol. The minimum absolute atomic E-state index is 0.290. The van der Waals surface area contributed by atoms with Gasteiger partial charge in [-0.3, -0.25) is 14.3 Å². The molecule has 0 aromatic carbocycles. The fraction of sp³-hybridized carbons (Fsp3) is 0.545. The van der Waals surface area contributed by atoms with Gasteiger partial charge in [0.15, 0.2) is 0 Å². The van der Waals surface area contributed by atoms with Crippen LogP contribution in [-0.2, 0) is 18.3 Å². The Morgan fingerprint density at radius 2 is 2.12 bits per heavy atom. The second kappa shape index (κ2) is 5.47. The third kappa shape index (κ3) is 3.05. The van der Waals surface area contributed by atoms with E-state index in [0.717, 1.165) is 12.1 Å². The van der Waals surface area contributed by atoms with Crippen molar-refractivity contribution in [2.24, 2.45) is 7.05 Å². The molecule has 1 rings (SSSR count). The van der Waals surface area contributed by atoms with Crippen LogP contribution in [0.1, 0.15) is 30.0 Å². The molecule has 1 amide bonds. The van der Waals surface area contributed by atoms with Crippen LogP contribution < -0.4 is 0 Å². The van der Waals surface area contributed by atoms with Crippen LogP contribution in [0.3, 0.4) is 0 Å². The van der Waals surface area contributed by atoms with Crippen molar-refractivity contribution in [2.75, 3.05) is 13.1 Å². The Bertz CT molecular complexity index is 426. The number of carboxylic acid groups (broad SMARTS) is 1. The molecule has 0 bridgehead atoms. The van der Waals surface area contributed by atoms with Crippen molar-refractivity contribution in [3.63, 3.8) is 0 Å². The van der Waals surface area contributed by atoms with Crippen LogP contribution in [-0.4, -0.2) is 44.8 Å². The standard InChI is InChI=1S/C11H17N3O3/c1-4-8-6-9(13(3)12-8)11(17)14(5-2)7-10(15)16/h6H,4-5,7H2,1-3H3,(H,15,16). The Balaban J connectivity index is 2.93. The van der Waals surface area contributed by atoms with E-state index in [2.05, 4.69) is 5.10 Å². The number of rotatable bonds is 5. The van der Waals surface area contributed by atoms with Crippen LogP contribution in [0.15, 0.2) is 6.07 Å². The van der Waals surface area contributed by atoms with Crippen molar-refractivity contribution >= 4 is 11.9 Å². The zero-order valence-electron chi connectivity index (χ0n) is 10.3. The van der Waals surface area contributed by atoms with Crippen molar-refractivity contribution in [1.82, 2.24) is 14.7 Å². The lowest BCUT2D eigenvalue weighted by Crippen LogP contribution is -2.36. The zero-order chi connectivity index (χ0) is 13.0. The predicted molar refractivity (Wildman–Crippen MR) is 61.8 cm³/mol. The van der Waals surface area contributed by atoms with Gasteiger partial charge in [-0.05, 0) is 19.4 Å². The first-order valence-electron chi connectivity index (χ1n) is 5.53. The smallest absolute Gasteiger partial charge is 0.323 e.